The lowest BCUT2D eigenvalue weighted by Crippen LogP contribution is -2.38. The van der Waals surface area contributed by atoms with E-state index in [2.05, 4.69) is 5.32 Å². The summed E-state index contributed by atoms with van der Waals surface area (Å²) in [5.74, 6) is 2.56. The lowest BCUT2D eigenvalue weighted by atomic mass is 9.78. The number of carbonyl (C=O) groups excluding carboxylic acids is 2. The van der Waals surface area contributed by atoms with E-state index in [4.69, 9.17) is 42.6 Å². The van der Waals surface area contributed by atoms with Crippen molar-refractivity contribution in [1.82, 2.24) is 0 Å². The topological polar surface area (TPSA) is 132 Å². The number of carbonyl (C=O) groups is 2. The molecule has 1 heterocycles. The maximum absolute atomic E-state index is 15.2. The molecule has 0 spiro atoms. The van der Waals surface area contributed by atoms with E-state index < -0.39 is 11.9 Å². The molecule has 2 aliphatic rings. The Morgan fingerprint density at radius 2 is 1.04 bits per heavy atom. The van der Waals surface area contributed by atoms with Gasteiger partial charge in [-0.05, 0) is 72.0 Å². The number of nitrogens with one attached hydrogen (secondary N) is 1. The Balaban J connectivity index is 1.62. The molecule has 54 heavy (non-hydrogen) atoms. The van der Waals surface area contributed by atoms with Crippen LogP contribution in [-0.2, 0) is 4.79 Å². The molecular weight excluding hydrogens is 696 g/mol. The molecule has 0 bridgehead atoms. The number of fused-ring (bicyclic) bond motifs is 1. The summed E-state index contributed by atoms with van der Waals surface area (Å²) in [5.41, 5.74) is 3.83. The van der Waals surface area contributed by atoms with Gasteiger partial charge >= 0.3 is 0 Å². The third-order valence-corrected chi connectivity index (χ3v) is 9.78. The Labute approximate surface area is 314 Å². The minimum atomic E-state index is -0.968. The van der Waals surface area contributed by atoms with Crippen molar-refractivity contribution in [3.05, 3.63) is 88.6 Å². The fraction of sp³-hybridized carbons (Fsp3) is 0.317. The smallest absolute Gasteiger partial charge is 0.259 e. The molecule has 4 aromatic carbocycles. The van der Waals surface area contributed by atoms with Gasteiger partial charge in [0, 0.05) is 23.3 Å². The summed E-state index contributed by atoms with van der Waals surface area (Å²) in [6.45, 7) is 0. The van der Waals surface area contributed by atoms with Crippen molar-refractivity contribution in [1.29, 1.82) is 0 Å². The summed E-state index contributed by atoms with van der Waals surface area (Å²) in [6.07, 6.45) is 0.545. The Kier molecular flexibility index (Phi) is 11.0. The van der Waals surface area contributed by atoms with Gasteiger partial charge in [-0.2, -0.15) is 0 Å². The number of rotatable bonds is 12. The molecule has 0 saturated carbocycles. The quantitative estimate of drug-likeness (QED) is 0.161. The van der Waals surface area contributed by atoms with Crippen molar-refractivity contribution in [2.75, 3.05) is 74.2 Å². The van der Waals surface area contributed by atoms with Gasteiger partial charge in [-0.25, -0.2) is 0 Å². The molecule has 2 atom stereocenters. The summed E-state index contributed by atoms with van der Waals surface area (Å²) in [6, 6.07) is 16.9. The first kappa shape index (κ1) is 37.5. The highest BCUT2D eigenvalue weighted by Gasteiger charge is 2.43. The molecule has 6 rings (SSSR count). The van der Waals surface area contributed by atoms with E-state index in [0.717, 1.165) is 5.56 Å². The van der Waals surface area contributed by atoms with E-state index in [0.29, 0.717) is 86.4 Å². The highest BCUT2D eigenvalue weighted by atomic mass is 16.5. The van der Waals surface area contributed by atoms with Crippen molar-refractivity contribution >= 4 is 23.1 Å². The first-order chi connectivity index (χ1) is 26.2. The van der Waals surface area contributed by atoms with Crippen LogP contribution < -0.4 is 52.8 Å². The Morgan fingerprint density at radius 1 is 0.593 bits per heavy atom. The average Bonchev–Trinajstić information content (AvgIpc) is 3.36. The molecule has 1 amide bonds. The number of amides is 1. The lowest BCUT2D eigenvalue weighted by molar-refractivity contribution is -0.116. The summed E-state index contributed by atoms with van der Waals surface area (Å²) >= 11 is 0. The van der Waals surface area contributed by atoms with Crippen LogP contribution in [0, 0.1) is 0 Å². The van der Waals surface area contributed by atoms with Gasteiger partial charge in [-0.1, -0.05) is 12.1 Å². The Morgan fingerprint density at radius 3 is 1.50 bits per heavy atom. The van der Waals surface area contributed by atoms with Gasteiger partial charge in [-0.3, -0.25) is 14.5 Å². The SMILES string of the molecule is COc1cc(C(=O)N2c3ccccc3NC3=C(C(=O)C[C@@H](c4cc(OC)c(OC)c(OC)c4)C3)[C@H]2c2cc(OC)c(OC)c(OC)c2)cc(OC)c1OC. The summed E-state index contributed by atoms with van der Waals surface area (Å²) in [4.78, 5) is 31.7. The highest BCUT2D eigenvalue weighted by Crippen LogP contribution is 2.52. The molecule has 0 aromatic heterocycles. The maximum atomic E-state index is 15.2. The molecule has 0 radical (unpaired) electrons. The van der Waals surface area contributed by atoms with Crippen LogP contribution in [0.25, 0.3) is 0 Å². The maximum Gasteiger partial charge on any atom is 0.259 e. The van der Waals surface area contributed by atoms with E-state index in [1.165, 1.54) is 42.7 Å². The molecule has 1 aliphatic carbocycles. The summed E-state index contributed by atoms with van der Waals surface area (Å²) < 4.78 is 50.9. The van der Waals surface area contributed by atoms with Crippen molar-refractivity contribution < 1.29 is 52.2 Å². The number of methoxy groups -OCH3 is 9. The Hall–Kier alpha value is -6.24. The van der Waals surface area contributed by atoms with Gasteiger partial charge in [0.15, 0.2) is 40.3 Å². The van der Waals surface area contributed by atoms with Crippen molar-refractivity contribution in [2.24, 2.45) is 0 Å². The molecule has 0 saturated heterocycles. The highest BCUT2D eigenvalue weighted by molar-refractivity contribution is 6.12. The lowest BCUT2D eigenvalue weighted by Gasteiger charge is -2.35. The summed E-state index contributed by atoms with van der Waals surface area (Å²) in [5, 5.41) is 3.57. The Bertz CT molecular complexity index is 2040. The van der Waals surface area contributed by atoms with Crippen LogP contribution in [0.2, 0.25) is 0 Å². The van der Waals surface area contributed by atoms with Gasteiger partial charge < -0.3 is 47.9 Å². The molecular formula is C41H44N2O11. The normalized spacial score (nSPS) is 16.2. The van der Waals surface area contributed by atoms with Crippen molar-refractivity contribution in [3.8, 4) is 51.7 Å². The zero-order valence-corrected chi connectivity index (χ0v) is 31.8. The molecule has 1 aliphatic heterocycles. The molecule has 1 N–H and O–H groups in total. The van der Waals surface area contributed by atoms with E-state index in [1.54, 1.807) is 50.5 Å². The van der Waals surface area contributed by atoms with Crippen molar-refractivity contribution in [2.45, 2.75) is 24.8 Å². The third-order valence-electron chi connectivity index (χ3n) is 9.78. The number of anilines is 2. The molecule has 13 heteroatoms. The predicted octanol–water partition coefficient (Wildman–Crippen LogP) is 6.98. The van der Waals surface area contributed by atoms with Crippen LogP contribution in [0.15, 0.2) is 71.9 Å². The van der Waals surface area contributed by atoms with Gasteiger partial charge in [0.1, 0.15) is 0 Å². The molecule has 0 fully saturated rings. The second-order valence-corrected chi connectivity index (χ2v) is 12.5. The average molecular weight is 741 g/mol. The molecule has 284 valence electrons. The standard InChI is InChI=1S/C41H44N2O11/c1-46-30-16-23(17-31(47-2)38(30)52-7)22-14-27-36(29(44)15-22)37(24-18-32(48-3)39(53-8)33(19-24)49-4)43(28-13-11-10-12-26(28)42-27)41(45)25-20-34(50-5)40(54-9)35(21-25)51-6/h10-13,16-22,37,42H,14-15H2,1-9H3/t22-,37+/m0/s1. The number of ketones is 1. The van der Waals surface area contributed by atoms with E-state index in [1.807, 2.05) is 36.4 Å². The van der Waals surface area contributed by atoms with E-state index in [9.17, 15) is 4.79 Å². The van der Waals surface area contributed by atoms with E-state index >= 15 is 4.79 Å². The second kappa shape index (κ2) is 15.8. The molecule has 4 aromatic rings. The largest absolute Gasteiger partial charge is 0.493 e. The first-order valence-electron chi connectivity index (χ1n) is 17.1. The van der Waals surface area contributed by atoms with Crippen LogP contribution in [0.1, 0.15) is 46.3 Å². The second-order valence-electron chi connectivity index (χ2n) is 12.5. The van der Waals surface area contributed by atoms with Crippen LogP contribution in [-0.4, -0.2) is 75.7 Å². The monoisotopic (exact) mass is 740 g/mol. The van der Waals surface area contributed by atoms with E-state index in [-0.39, 0.29) is 23.7 Å². The van der Waals surface area contributed by atoms with Gasteiger partial charge in [0.2, 0.25) is 17.2 Å². The number of hydrogen-bond donors (Lipinski definition) is 1. The number of para-hydroxylation sites is 2. The van der Waals surface area contributed by atoms with Crippen molar-refractivity contribution in [3.63, 3.8) is 0 Å². The zero-order chi connectivity index (χ0) is 38.7. The van der Waals surface area contributed by atoms with Gasteiger partial charge in [0.05, 0.1) is 81.4 Å². The molecule has 0 unspecified atom stereocenters. The minimum Gasteiger partial charge on any atom is -0.493 e. The fourth-order valence-corrected chi connectivity index (χ4v) is 7.30. The third kappa shape index (κ3) is 6.50. The van der Waals surface area contributed by atoms with Gasteiger partial charge in [-0.15, -0.1) is 0 Å². The molecule has 13 nitrogen and oxygen atoms in total. The summed E-state index contributed by atoms with van der Waals surface area (Å²) in [7, 11) is 13.7. The number of benzene rings is 4. The number of nitrogens with zero attached hydrogens (tertiary/aromatic N) is 1. The minimum absolute atomic E-state index is 0.128. The van der Waals surface area contributed by atoms with Crippen LogP contribution >= 0.6 is 0 Å². The van der Waals surface area contributed by atoms with Crippen LogP contribution in [0.4, 0.5) is 11.4 Å². The number of Topliss-reactive ketones (excluding diaryl/α,β-unsaturated/α-hetero) is 1. The number of allylic oxidation sites excluding steroid dienone is 1. The van der Waals surface area contributed by atoms with Crippen LogP contribution in [0.5, 0.6) is 51.7 Å². The fourth-order valence-electron chi connectivity index (χ4n) is 7.30. The van der Waals surface area contributed by atoms with Crippen LogP contribution in [0.3, 0.4) is 0 Å². The predicted molar refractivity (Wildman–Crippen MR) is 202 cm³/mol. The first-order valence-corrected chi connectivity index (χ1v) is 17.1. The van der Waals surface area contributed by atoms with Gasteiger partial charge in [0.25, 0.3) is 5.91 Å². The number of ether oxygens (including phenoxy) is 9. The number of hydrogen-bond acceptors (Lipinski definition) is 12. The zero-order valence-electron chi connectivity index (χ0n) is 31.8.